The molecule has 1 saturated heterocycles. The molecule has 0 radical (unpaired) electrons. The van der Waals surface area contributed by atoms with Crippen molar-refractivity contribution in [1.29, 1.82) is 0 Å². The van der Waals surface area contributed by atoms with Gasteiger partial charge in [0.15, 0.2) is 40.6 Å². The lowest BCUT2D eigenvalue weighted by molar-refractivity contribution is -0.157. The molecule has 1 aliphatic heterocycles. The van der Waals surface area contributed by atoms with Crippen molar-refractivity contribution < 1.29 is 45.0 Å². The molecule has 4 rings (SSSR count). The quantitative estimate of drug-likeness (QED) is 0.0913. The number of ether oxygens (including phenoxy) is 1. The number of hydrogen-bond donors (Lipinski definition) is 6. The molecule has 0 bridgehead atoms. The Kier molecular flexibility index (Phi) is 10.0. The lowest BCUT2D eigenvalue weighted by atomic mass is 10.0. The molecule has 3 aromatic carbocycles. The van der Waals surface area contributed by atoms with E-state index >= 15 is 0 Å². The highest BCUT2D eigenvalue weighted by molar-refractivity contribution is 5.92. The van der Waals surface area contributed by atoms with Crippen LogP contribution < -0.4 is 0 Å². The van der Waals surface area contributed by atoms with Gasteiger partial charge < -0.3 is 40.3 Å². The number of esters is 1. The molecule has 1 heterocycles. The van der Waals surface area contributed by atoms with Gasteiger partial charge in [0, 0.05) is 50.3 Å². The maximum Gasteiger partial charge on any atom is 0.331 e. The van der Waals surface area contributed by atoms with Crippen LogP contribution in [0.4, 0.5) is 0 Å². The Labute approximate surface area is 254 Å². The molecule has 11 nitrogen and oxygen atoms in total. The highest BCUT2D eigenvalue weighted by atomic mass is 16.5. The maximum absolute atomic E-state index is 13.5. The van der Waals surface area contributed by atoms with Gasteiger partial charge in [-0.15, -0.1) is 0 Å². The lowest BCUT2D eigenvalue weighted by Crippen LogP contribution is -2.53. The Hall–Kier alpha value is -5.16. The van der Waals surface area contributed by atoms with E-state index in [9.17, 15) is 40.2 Å². The summed E-state index contributed by atoms with van der Waals surface area (Å²) in [6.45, 7) is 6.44. The first-order valence-corrected chi connectivity index (χ1v) is 14.1. The molecule has 1 amide bonds. The number of phenolic OH excluding ortho intramolecular Hbond substituents is 6. The monoisotopic (exact) mass is 604 g/mol. The van der Waals surface area contributed by atoms with Crippen molar-refractivity contribution in [3.05, 3.63) is 76.9 Å². The van der Waals surface area contributed by atoms with Crippen molar-refractivity contribution in [2.24, 2.45) is 0 Å². The van der Waals surface area contributed by atoms with Gasteiger partial charge in [0.1, 0.15) is 0 Å². The third-order valence-corrected chi connectivity index (χ3v) is 7.42. The Morgan fingerprint density at radius 2 is 1.41 bits per heavy atom. The van der Waals surface area contributed by atoms with Gasteiger partial charge in [0.25, 0.3) is 5.91 Å². The second-order valence-corrected chi connectivity index (χ2v) is 10.8. The molecule has 0 saturated carbocycles. The first-order chi connectivity index (χ1) is 20.9. The molecule has 0 spiro atoms. The van der Waals surface area contributed by atoms with Crippen LogP contribution in [0, 0.1) is 0 Å². The van der Waals surface area contributed by atoms with Gasteiger partial charge in [-0.25, -0.2) is 4.79 Å². The van der Waals surface area contributed by atoms with Crippen LogP contribution in [0.25, 0.3) is 18.2 Å². The largest absolute Gasteiger partial charge is 0.504 e. The maximum atomic E-state index is 13.5. The van der Waals surface area contributed by atoms with Crippen molar-refractivity contribution in [3.63, 3.8) is 0 Å². The van der Waals surface area contributed by atoms with Crippen molar-refractivity contribution >= 4 is 30.1 Å². The fourth-order valence-electron chi connectivity index (χ4n) is 4.85. The van der Waals surface area contributed by atoms with Crippen LogP contribution in [0.15, 0.2) is 54.6 Å². The summed E-state index contributed by atoms with van der Waals surface area (Å²) in [4.78, 5) is 30.4. The van der Waals surface area contributed by atoms with Crippen LogP contribution in [0.3, 0.4) is 0 Å². The van der Waals surface area contributed by atoms with E-state index in [1.807, 2.05) is 0 Å². The van der Waals surface area contributed by atoms with Crippen molar-refractivity contribution in [3.8, 4) is 34.5 Å². The number of benzene rings is 3. The molecule has 232 valence electrons. The SMILES string of the molecule is CC(C)N1CCN(C(=O)C(Cc2ccc(O)c(O)c2)OC(=O)/C=C/c2ccc(O)c(O)c2/C=C/c2ccc(O)c(O)c2)CC1. The number of nitrogens with zero attached hydrogens (tertiary/aromatic N) is 2. The highest BCUT2D eigenvalue weighted by Gasteiger charge is 2.31. The van der Waals surface area contributed by atoms with E-state index in [1.165, 1.54) is 66.8 Å². The van der Waals surface area contributed by atoms with Crippen molar-refractivity contribution in [1.82, 2.24) is 9.80 Å². The predicted molar refractivity (Wildman–Crippen MR) is 164 cm³/mol. The average molecular weight is 605 g/mol. The zero-order valence-electron chi connectivity index (χ0n) is 24.4. The van der Waals surface area contributed by atoms with E-state index < -0.39 is 23.6 Å². The molecule has 1 atom stereocenters. The van der Waals surface area contributed by atoms with Crippen LogP contribution >= 0.6 is 0 Å². The van der Waals surface area contributed by atoms with Gasteiger partial charge in [-0.2, -0.15) is 0 Å². The number of phenols is 6. The van der Waals surface area contributed by atoms with Crippen LogP contribution in [-0.4, -0.2) is 90.6 Å². The minimum absolute atomic E-state index is 0.0376. The number of amides is 1. The number of rotatable bonds is 9. The summed E-state index contributed by atoms with van der Waals surface area (Å²) in [5, 5.41) is 59.5. The zero-order chi connectivity index (χ0) is 32.0. The number of aromatic hydroxyl groups is 6. The minimum atomic E-state index is -1.21. The molecule has 0 aliphatic carbocycles. The van der Waals surface area contributed by atoms with E-state index in [-0.39, 0.29) is 40.9 Å². The predicted octanol–water partition coefficient (Wildman–Crippen LogP) is 3.81. The summed E-state index contributed by atoms with van der Waals surface area (Å²) in [7, 11) is 0. The zero-order valence-corrected chi connectivity index (χ0v) is 24.4. The molecule has 11 heteroatoms. The third kappa shape index (κ3) is 7.81. The van der Waals surface area contributed by atoms with Gasteiger partial charge in [-0.3, -0.25) is 9.69 Å². The van der Waals surface area contributed by atoms with Gasteiger partial charge in [0.2, 0.25) is 0 Å². The molecular weight excluding hydrogens is 568 g/mol. The van der Waals surface area contributed by atoms with Gasteiger partial charge >= 0.3 is 5.97 Å². The Morgan fingerprint density at radius 3 is 2.05 bits per heavy atom. The summed E-state index contributed by atoms with van der Waals surface area (Å²) in [6.07, 6.45) is 4.21. The fraction of sp³-hybridized carbons (Fsp3) is 0.273. The summed E-state index contributed by atoms with van der Waals surface area (Å²) in [6, 6.07) is 11.3. The molecule has 3 aromatic rings. The van der Waals surface area contributed by atoms with E-state index in [0.717, 1.165) is 6.08 Å². The average Bonchev–Trinajstić information content (AvgIpc) is 3.00. The number of hydrogen-bond acceptors (Lipinski definition) is 10. The topological polar surface area (TPSA) is 171 Å². The molecule has 6 N–H and O–H groups in total. The molecule has 1 unspecified atom stereocenters. The van der Waals surface area contributed by atoms with E-state index in [4.69, 9.17) is 4.74 Å². The van der Waals surface area contributed by atoms with Gasteiger partial charge in [-0.05, 0) is 73.0 Å². The minimum Gasteiger partial charge on any atom is -0.504 e. The molecular formula is C33H36N2O9. The second kappa shape index (κ2) is 13.9. The smallest absolute Gasteiger partial charge is 0.331 e. The third-order valence-electron chi connectivity index (χ3n) is 7.42. The van der Waals surface area contributed by atoms with E-state index in [1.54, 1.807) is 4.90 Å². The fourth-order valence-corrected chi connectivity index (χ4v) is 4.85. The van der Waals surface area contributed by atoms with E-state index in [0.29, 0.717) is 48.9 Å². The number of piperazine rings is 1. The Bertz CT molecular complexity index is 1570. The highest BCUT2D eigenvalue weighted by Crippen LogP contribution is 2.34. The number of carbonyl (C=O) groups is 2. The van der Waals surface area contributed by atoms with Gasteiger partial charge in [-0.1, -0.05) is 24.3 Å². The molecule has 1 aliphatic rings. The van der Waals surface area contributed by atoms with Crippen molar-refractivity contribution in [2.75, 3.05) is 26.2 Å². The first kappa shape index (κ1) is 31.8. The molecule has 1 fully saturated rings. The summed E-state index contributed by atoms with van der Waals surface area (Å²) in [5.41, 5.74) is 1.48. The lowest BCUT2D eigenvalue weighted by Gasteiger charge is -2.38. The van der Waals surface area contributed by atoms with Crippen LogP contribution in [0.1, 0.15) is 36.1 Å². The van der Waals surface area contributed by atoms with Gasteiger partial charge in [0.05, 0.1) is 0 Å². The normalized spacial score (nSPS) is 14.8. The van der Waals surface area contributed by atoms with Crippen LogP contribution in [0.5, 0.6) is 34.5 Å². The summed E-state index contributed by atoms with van der Waals surface area (Å²) in [5.74, 6) is -3.35. The van der Waals surface area contributed by atoms with E-state index in [2.05, 4.69) is 18.7 Å². The summed E-state index contributed by atoms with van der Waals surface area (Å²) < 4.78 is 5.63. The second-order valence-electron chi connectivity index (χ2n) is 10.8. The number of carbonyl (C=O) groups excluding carboxylic acids is 2. The first-order valence-electron chi connectivity index (χ1n) is 14.1. The Balaban J connectivity index is 1.55. The van der Waals surface area contributed by atoms with Crippen LogP contribution in [0.2, 0.25) is 0 Å². The Morgan fingerprint density at radius 1 is 0.773 bits per heavy atom. The molecule has 44 heavy (non-hydrogen) atoms. The standard InChI is InChI=1S/C33H36N2O9/c1-20(2)34-13-15-35(16-14-34)33(43)30(19-22-5-10-26(37)29(40)18-22)44-31(41)12-7-23-6-11-27(38)32(42)24(23)8-3-21-4-9-25(36)28(39)17-21/h3-12,17-18,20,30,36-40,42H,13-16,19H2,1-2H3/b8-3+,12-7+. The summed E-state index contributed by atoms with van der Waals surface area (Å²) >= 11 is 0. The van der Waals surface area contributed by atoms with Crippen molar-refractivity contribution in [2.45, 2.75) is 32.4 Å². The van der Waals surface area contributed by atoms with Crippen LogP contribution in [-0.2, 0) is 20.7 Å². The molecule has 0 aromatic heterocycles.